The molecule has 0 atom stereocenters. The van der Waals surface area contributed by atoms with Crippen molar-refractivity contribution in [2.45, 2.75) is 20.0 Å². The van der Waals surface area contributed by atoms with Gasteiger partial charge in [-0.1, -0.05) is 0 Å². The lowest BCUT2D eigenvalue weighted by molar-refractivity contribution is 0.0947. The minimum absolute atomic E-state index is 0.111. The Morgan fingerprint density at radius 2 is 1.54 bits per heavy atom. The molecule has 0 aliphatic heterocycles. The van der Waals surface area contributed by atoms with Gasteiger partial charge in [0, 0.05) is 5.56 Å². The molecule has 5 heteroatoms. The van der Waals surface area contributed by atoms with Crippen molar-refractivity contribution in [2.75, 3.05) is 20.3 Å². The predicted octanol–water partition coefficient (Wildman–Crippen LogP) is 3.29. The van der Waals surface area contributed by atoms with E-state index >= 15 is 0 Å². The molecule has 0 unspecified atom stereocenters. The summed E-state index contributed by atoms with van der Waals surface area (Å²) in [6.07, 6.45) is 0.111. The number of rotatable bonds is 8. The summed E-state index contributed by atoms with van der Waals surface area (Å²) in [5.74, 6) is 2.13. The lowest BCUT2D eigenvalue weighted by atomic mass is 10.2. The van der Waals surface area contributed by atoms with Crippen LogP contribution >= 0.6 is 0 Å². The highest BCUT2D eigenvalue weighted by Crippen LogP contribution is 2.17. The molecule has 1 N–H and O–H groups in total. The van der Waals surface area contributed by atoms with Gasteiger partial charge in [0.2, 0.25) is 0 Å². The van der Waals surface area contributed by atoms with Crippen LogP contribution in [0, 0.1) is 0 Å². The molecule has 0 bridgehead atoms. The molecule has 0 saturated carbocycles. The van der Waals surface area contributed by atoms with Gasteiger partial charge in [0.25, 0.3) is 5.91 Å². The first-order valence-electron chi connectivity index (χ1n) is 7.90. The molecule has 24 heavy (non-hydrogen) atoms. The minimum atomic E-state index is -0.135. The van der Waals surface area contributed by atoms with Crippen LogP contribution in [-0.4, -0.2) is 32.3 Å². The number of hydrogen-bond donors (Lipinski definition) is 1. The summed E-state index contributed by atoms with van der Waals surface area (Å²) >= 11 is 0. The monoisotopic (exact) mass is 329 g/mol. The number of carbonyl (C=O) groups is 1. The first kappa shape index (κ1) is 17.7. The number of carbonyl (C=O) groups excluding carboxylic acids is 1. The second-order valence-electron chi connectivity index (χ2n) is 5.47. The third kappa shape index (κ3) is 5.50. The molecule has 1 amide bonds. The van der Waals surface area contributed by atoms with Crippen LogP contribution < -0.4 is 19.5 Å². The molecular formula is C19H23NO4. The van der Waals surface area contributed by atoms with Crippen LogP contribution in [0.5, 0.6) is 17.2 Å². The molecule has 128 valence electrons. The van der Waals surface area contributed by atoms with E-state index in [1.807, 2.05) is 38.1 Å². The summed E-state index contributed by atoms with van der Waals surface area (Å²) in [5.41, 5.74) is 0.593. The molecule has 5 nitrogen and oxygen atoms in total. The third-order valence-electron chi connectivity index (χ3n) is 3.20. The molecule has 0 aliphatic rings. The number of nitrogens with one attached hydrogen (secondary N) is 1. The van der Waals surface area contributed by atoms with Crippen LogP contribution in [0.15, 0.2) is 48.5 Å². The summed E-state index contributed by atoms with van der Waals surface area (Å²) in [5, 5.41) is 2.82. The summed E-state index contributed by atoms with van der Waals surface area (Å²) in [4.78, 5) is 12.0. The van der Waals surface area contributed by atoms with Gasteiger partial charge in [-0.25, -0.2) is 0 Å². The summed E-state index contributed by atoms with van der Waals surface area (Å²) in [6, 6.07) is 14.4. The van der Waals surface area contributed by atoms with E-state index in [0.29, 0.717) is 18.7 Å². The van der Waals surface area contributed by atoms with Crippen molar-refractivity contribution in [3.8, 4) is 17.2 Å². The van der Waals surface area contributed by atoms with Crippen molar-refractivity contribution >= 4 is 5.91 Å². The van der Waals surface area contributed by atoms with Gasteiger partial charge in [-0.2, -0.15) is 0 Å². The zero-order valence-electron chi connectivity index (χ0n) is 14.2. The highest BCUT2D eigenvalue weighted by Gasteiger charge is 2.06. The van der Waals surface area contributed by atoms with E-state index < -0.39 is 0 Å². The predicted molar refractivity (Wildman–Crippen MR) is 93.0 cm³/mol. The zero-order valence-corrected chi connectivity index (χ0v) is 14.2. The fourth-order valence-corrected chi connectivity index (χ4v) is 2.06. The van der Waals surface area contributed by atoms with Crippen LogP contribution in [0.3, 0.4) is 0 Å². The highest BCUT2D eigenvalue weighted by molar-refractivity contribution is 5.94. The second kappa shape index (κ2) is 8.82. The van der Waals surface area contributed by atoms with Gasteiger partial charge in [-0.3, -0.25) is 4.79 Å². The average Bonchev–Trinajstić information content (AvgIpc) is 2.59. The number of methoxy groups -OCH3 is 1. The van der Waals surface area contributed by atoms with Gasteiger partial charge in [0.1, 0.15) is 23.9 Å². The molecule has 2 aromatic carbocycles. The minimum Gasteiger partial charge on any atom is -0.497 e. The van der Waals surface area contributed by atoms with E-state index in [-0.39, 0.29) is 12.0 Å². The van der Waals surface area contributed by atoms with Gasteiger partial charge in [0.05, 0.1) is 19.8 Å². The van der Waals surface area contributed by atoms with Crippen LogP contribution in [0.25, 0.3) is 0 Å². The average molecular weight is 329 g/mol. The lowest BCUT2D eigenvalue weighted by Crippen LogP contribution is -2.28. The Morgan fingerprint density at radius 3 is 2.12 bits per heavy atom. The maximum Gasteiger partial charge on any atom is 0.251 e. The van der Waals surface area contributed by atoms with Crippen LogP contribution in [-0.2, 0) is 0 Å². The molecule has 2 rings (SSSR count). The summed E-state index contributed by atoms with van der Waals surface area (Å²) < 4.78 is 16.2. The normalized spacial score (nSPS) is 10.3. The molecular weight excluding hydrogens is 306 g/mol. The molecule has 2 aromatic rings. The quantitative estimate of drug-likeness (QED) is 0.755. The Bertz CT molecular complexity index is 635. The van der Waals surface area contributed by atoms with Gasteiger partial charge >= 0.3 is 0 Å². The van der Waals surface area contributed by atoms with Crippen molar-refractivity contribution in [1.29, 1.82) is 0 Å². The molecule has 0 heterocycles. The van der Waals surface area contributed by atoms with Crippen molar-refractivity contribution in [1.82, 2.24) is 5.32 Å². The third-order valence-corrected chi connectivity index (χ3v) is 3.20. The first-order chi connectivity index (χ1) is 11.6. The van der Waals surface area contributed by atoms with Gasteiger partial charge in [0.15, 0.2) is 0 Å². The van der Waals surface area contributed by atoms with Crippen molar-refractivity contribution < 1.29 is 19.0 Å². The summed E-state index contributed by atoms with van der Waals surface area (Å²) in [6.45, 7) is 4.74. The molecule has 0 fully saturated rings. The molecule has 0 spiro atoms. The number of benzene rings is 2. The SMILES string of the molecule is COc1ccc(OCCNC(=O)c2ccc(OC(C)C)cc2)cc1. The Hall–Kier alpha value is -2.69. The smallest absolute Gasteiger partial charge is 0.251 e. The maximum absolute atomic E-state index is 12.0. The topological polar surface area (TPSA) is 56.8 Å². The molecule has 0 aliphatic carbocycles. The fraction of sp³-hybridized carbons (Fsp3) is 0.316. The number of amides is 1. The number of ether oxygens (including phenoxy) is 3. The van der Waals surface area contributed by atoms with E-state index in [1.54, 1.807) is 31.4 Å². The first-order valence-corrected chi connectivity index (χ1v) is 7.90. The summed E-state index contributed by atoms with van der Waals surface area (Å²) in [7, 11) is 1.62. The fourth-order valence-electron chi connectivity index (χ4n) is 2.06. The largest absolute Gasteiger partial charge is 0.497 e. The Morgan fingerprint density at radius 1 is 0.958 bits per heavy atom. The molecule has 0 radical (unpaired) electrons. The van der Waals surface area contributed by atoms with Crippen molar-refractivity contribution in [2.24, 2.45) is 0 Å². The van der Waals surface area contributed by atoms with Crippen molar-refractivity contribution in [3.63, 3.8) is 0 Å². The Balaban J connectivity index is 1.74. The van der Waals surface area contributed by atoms with Crippen LogP contribution in [0.1, 0.15) is 24.2 Å². The van der Waals surface area contributed by atoms with E-state index in [1.165, 1.54) is 0 Å². The van der Waals surface area contributed by atoms with Crippen LogP contribution in [0.2, 0.25) is 0 Å². The maximum atomic E-state index is 12.0. The van der Waals surface area contributed by atoms with Crippen molar-refractivity contribution in [3.05, 3.63) is 54.1 Å². The van der Waals surface area contributed by atoms with E-state index in [2.05, 4.69) is 5.32 Å². The lowest BCUT2D eigenvalue weighted by Gasteiger charge is -2.11. The second-order valence-corrected chi connectivity index (χ2v) is 5.47. The van der Waals surface area contributed by atoms with Gasteiger partial charge < -0.3 is 19.5 Å². The Kier molecular flexibility index (Phi) is 6.49. The zero-order chi connectivity index (χ0) is 17.4. The van der Waals surface area contributed by atoms with Gasteiger partial charge in [-0.15, -0.1) is 0 Å². The van der Waals surface area contributed by atoms with E-state index in [0.717, 1.165) is 17.2 Å². The van der Waals surface area contributed by atoms with Gasteiger partial charge in [-0.05, 0) is 62.4 Å². The molecule has 0 saturated heterocycles. The van der Waals surface area contributed by atoms with E-state index in [4.69, 9.17) is 14.2 Å². The Labute approximate surface area is 142 Å². The molecule has 0 aromatic heterocycles. The van der Waals surface area contributed by atoms with Crippen LogP contribution in [0.4, 0.5) is 0 Å². The standard InChI is InChI=1S/C19H23NO4/c1-14(2)24-18-6-4-15(5-7-18)19(21)20-12-13-23-17-10-8-16(22-3)9-11-17/h4-11,14H,12-13H2,1-3H3,(H,20,21). The number of hydrogen-bond acceptors (Lipinski definition) is 4. The highest BCUT2D eigenvalue weighted by atomic mass is 16.5. The van der Waals surface area contributed by atoms with E-state index in [9.17, 15) is 4.79 Å².